The molecule has 1 saturated carbocycles. The molecule has 0 N–H and O–H groups in total. The lowest BCUT2D eigenvalue weighted by molar-refractivity contribution is -0.131. The summed E-state index contributed by atoms with van der Waals surface area (Å²) < 4.78 is 0. The summed E-state index contributed by atoms with van der Waals surface area (Å²) in [6, 6.07) is 11.1. The summed E-state index contributed by atoms with van der Waals surface area (Å²) in [4.78, 5) is 15.8. The normalized spacial score (nSPS) is 17.5. The van der Waals surface area contributed by atoms with Crippen LogP contribution in [-0.2, 0) is 4.79 Å². The van der Waals surface area contributed by atoms with Crippen LogP contribution in [0.4, 0.5) is 0 Å². The van der Waals surface area contributed by atoms with E-state index < -0.39 is 0 Å². The zero-order chi connectivity index (χ0) is 19.8. The minimum absolute atomic E-state index is 0.235. The SMILES string of the molecule is CC.CC.CC(=O)N1CCN(C2CCCCC2)CC1.Cc1ccccc1. The van der Waals surface area contributed by atoms with Gasteiger partial charge in [-0.05, 0) is 19.8 Å². The maximum Gasteiger partial charge on any atom is 0.219 e. The largest absolute Gasteiger partial charge is 0.340 e. The molecule has 3 rings (SSSR count). The summed E-state index contributed by atoms with van der Waals surface area (Å²) in [5.74, 6) is 0.235. The summed E-state index contributed by atoms with van der Waals surface area (Å²) in [7, 11) is 0. The van der Waals surface area contributed by atoms with Crippen molar-refractivity contribution in [2.24, 2.45) is 0 Å². The van der Waals surface area contributed by atoms with E-state index in [-0.39, 0.29) is 5.91 Å². The number of carbonyl (C=O) groups is 1. The van der Waals surface area contributed by atoms with Crippen molar-refractivity contribution in [2.45, 2.75) is 79.7 Å². The first-order chi connectivity index (χ1) is 12.7. The molecule has 1 amide bonds. The van der Waals surface area contributed by atoms with Crippen molar-refractivity contribution in [1.82, 2.24) is 9.80 Å². The predicted octanol–water partition coefficient (Wildman–Crippen LogP) is 5.53. The second kappa shape index (κ2) is 15.9. The van der Waals surface area contributed by atoms with Crippen molar-refractivity contribution in [3.05, 3.63) is 35.9 Å². The number of benzene rings is 1. The van der Waals surface area contributed by atoms with E-state index in [1.807, 2.05) is 50.8 Å². The molecule has 1 aliphatic heterocycles. The van der Waals surface area contributed by atoms with E-state index in [0.717, 1.165) is 32.2 Å². The van der Waals surface area contributed by atoms with Crippen LogP contribution >= 0.6 is 0 Å². The molecule has 0 radical (unpaired) electrons. The molecule has 1 heterocycles. The molecule has 1 aromatic carbocycles. The Balaban J connectivity index is 0.000000477. The summed E-state index contributed by atoms with van der Waals surface area (Å²) in [6.07, 6.45) is 6.97. The third-order valence-corrected chi connectivity index (χ3v) is 4.79. The van der Waals surface area contributed by atoms with Gasteiger partial charge in [-0.1, -0.05) is 82.9 Å². The van der Waals surface area contributed by atoms with Crippen molar-refractivity contribution in [1.29, 1.82) is 0 Å². The van der Waals surface area contributed by atoms with Crippen molar-refractivity contribution < 1.29 is 4.79 Å². The molecule has 0 atom stereocenters. The highest BCUT2D eigenvalue weighted by Crippen LogP contribution is 2.23. The number of rotatable bonds is 1. The highest BCUT2D eigenvalue weighted by Gasteiger charge is 2.25. The van der Waals surface area contributed by atoms with Crippen LogP contribution in [0.15, 0.2) is 30.3 Å². The van der Waals surface area contributed by atoms with Crippen molar-refractivity contribution in [3.63, 3.8) is 0 Å². The van der Waals surface area contributed by atoms with Crippen LogP contribution in [0.25, 0.3) is 0 Å². The van der Waals surface area contributed by atoms with Gasteiger partial charge < -0.3 is 4.90 Å². The molecule has 0 aromatic heterocycles. The van der Waals surface area contributed by atoms with E-state index in [9.17, 15) is 4.79 Å². The number of aryl methyl sites for hydroxylation is 1. The molecule has 0 bridgehead atoms. The molecule has 150 valence electrons. The molecule has 0 unspecified atom stereocenters. The van der Waals surface area contributed by atoms with Gasteiger partial charge in [0, 0.05) is 39.1 Å². The van der Waals surface area contributed by atoms with Gasteiger partial charge in [0.2, 0.25) is 5.91 Å². The fraction of sp³-hybridized carbons (Fsp3) is 0.696. The second-order valence-corrected chi connectivity index (χ2v) is 6.49. The fourth-order valence-corrected chi connectivity index (χ4v) is 3.38. The van der Waals surface area contributed by atoms with Crippen LogP contribution in [0.3, 0.4) is 0 Å². The molecule has 2 fully saturated rings. The molecular formula is C23H42N2O. The predicted molar refractivity (Wildman–Crippen MR) is 115 cm³/mol. The monoisotopic (exact) mass is 362 g/mol. The number of amides is 1. The summed E-state index contributed by atoms with van der Waals surface area (Å²) in [5.41, 5.74) is 1.32. The van der Waals surface area contributed by atoms with Crippen molar-refractivity contribution >= 4 is 5.91 Å². The van der Waals surface area contributed by atoms with Crippen LogP contribution in [0.1, 0.15) is 72.3 Å². The van der Waals surface area contributed by atoms with E-state index in [1.54, 1.807) is 6.92 Å². The van der Waals surface area contributed by atoms with E-state index in [1.165, 1.54) is 37.7 Å². The third-order valence-electron chi connectivity index (χ3n) is 4.79. The number of nitrogens with zero attached hydrogens (tertiary/aromatic N) is 2. The standard InChI is InChI=1S/C12H22N2O.C7H8.2C2H6/c1-11(15)13-7-9-14(10-8-13)12-5-3-2-4-6-12;1-7-5-3-2-4-6-7;2*1-2/h12H,2-10H2,1H3;2-6H,1H3;2*1-2H3. The lowest BCUT2D eigenvalue weighted by Gasteiger charge is -2.40. The van der Waals surface area contributed by atoms with E-state index in [4.69, 9.17) is 0 Å². The number of carbonyl (C=O) groups excluding carboxylic acids is 1. The van der Waals surface area contributed by atoms with E-state index in [2.05, 4.69) is 24.0 Å². The number of hydrogen-bond donors (Lipinski definition) is 0. The van der Waals surface area contributed by atoms with Crippen LogP contribution in [-0.4, -0.2) is 47.9 Å². The zero-order valence-electron chi connectivity index (χ0n) is 18.1. The Morgan fingerprint density at radius 2 is 1.35 bits per heavy atom. The first kappa shape index (κ1) is 24.7. The Bertz CT molecular complexity index is 433. The van der Waals surface area contributed by atoms with E-state index >= 15 is 0 Å². The lowest BCUT2D eigenvalue weighted by Crippen LogP contribution is -2.51. The molecule has 1 saturated heterocycles. The first-order valence-corrected chi connectivity index (χ1v) is 10.7. The topological polar surface area (TPSA) is 23.6 Å². The van der Waals surface area contributed by atoms with Crippen molar-refractivity contribution in [3.8, 4) is 0 Å². The van der Waals surface area contributed by atoms with Gasteiger partial charge in [0.15, 0.2) is 0 Å². The molecule has 2 aliphatic rings. The van der Waals surface area contributed by atoms with Gasteiger partial charge in [-0.3, -0.25) is 9.69 Å². The maximum atomic E-state index is 11.2. The summed E-state index contributed by atoms with van der Waals surface area (Å²) >= 11 is 0. The Morgan fingerprint density at radius 3 is 1.73 bits per heavy atom. The van der Waals surface area contributed by atoms with Gasteiger partial charge in [0.1, 0.15) is 0 Å². The van der Waals surface area contributed by atoms with Gasteiger partial charge >= 0.3 is 0 Å². The Kier molecular flexibility index (Phi) is 15.0. The molecule has 3 heteroatoms. The highest BCUT2D eigenvalue weighted by atomic mass is 16.2. The lowest BCUT2D eigenvalue weighted by atomic mass is 9.94. The quantitative estimate of drug-likeness (QED) is 0.655. The third kappa shape index (κ3) is 9.96. The minimum Gasteiger partial charge on any atom is -0.340 e. The van der Waals surface area contributed by atoms with Gasteiger partial charge in [-0.2, -0.15) is 0 Å². The van der Waals surface area contributed by atoms with Crippen LogP contribution in [0.5, 0.6) is 0 Å². The average Bonchev–Trinajstić information content (AvgIpc) is 2.73. The number of hydrogen-bond acceptors (Lipinski definition) is 2. The average molecular weight is 363 g/mol. The number of piperazine rings is 1. The van der Waals surface area contributed by atoms with Crippen LogP contribution < -0.4 is 0 Å². The first-order valence-electron chi connectivity index (χ1n) is 10.7. The molecule has 1 aliphatic carbocycles. The highest BCUT2D eigenvalue weighted by molar-refractivity contribution is 5.73. The molecule has 26 heavy (non-hydrogen) atoms. The van der Waals surface area contributed by atoms with Gasteiger partial charge in [0.25, 0.3) is 0 Å². The fourth-order valence-electron chi connectivity index (χ4n) is 3.38. The molecule has 0 spiro atoms. The molecule has 3 nitrogen and oxygen atoms in total. The van der Waals surface area contributed by atoms with Crippen LogP contribution in [0.2, 0.25) is 0 Å². The maximum absolute atomic E-state index is 11.2. The molecular weight excluding hydrogens is 320 g/mol. The van der Waals surface area contributed by atoms with Gasteiger partial charge in [-0.25, -0.2) is 0 Å². The van der Waals surface area contributed by atoms with Gasteiger partial charge in [0.05, 0.1) is 0 Å². The van der Waals surface area contributed by atoms with E-state index in [0.29, 0.717) is 0 Å². The van der Waals surface area contributed by atoms with Gasteiger partial charge in [-0.15, -0.1) is 0 Å². The molecule has 1 aromatic rings. The summed E-state index contributed by atoms with van der Waals surface area (Å²) in [6.45, 7) is 15.8. The Labute approximate surface area is 162 Å². The summed E-state index contributed by atoms with van der Waals surface area (Å²) in [5, 5.41) is 0. The Hall–Kier alpha value is -1.35. The van der Waals surface area contributed by atoms with Crippen LogP contribution in [0, 0.1) is 6.92 Å². The Morgan fingerprint density at radius 1 is 0.846 bits per heavy atom. The smallest absolute Gasteiger partial charge is 0.219 e. The second-order valence-electron chi connectivity index (χ2n) is 6.49. The minimum atomic E-state index is 0.235. The zero-order valence-corrected chi connectivity index (χ0v) is 18.1. The van der Waals surface area contributed by atoms with Crippen molar-refractivity contribution in [2.75, 3.05) is 26.2 Å².